The van der Waals surface area contributed by atoms with E-state index in [1.165, 1.54) is 0 Å². The molecule has 2 N–H and O–H groups in total. The Bertz CT molecular complexity index is 722. The van der Waals surface area contributed by atoms with Crippen LogP contribution in [0.1, 0.15) is 0 Å². The van der Waals surface area contributed by atoms with E-state index in [4.69, 9.17) is 4.74 Å². The van der Waals surface area contributed by atoms with Gasteiger partial charge in [0.25, 0.3) is 0 Å². The first-order valence-electron chi connectivity index (χ1n) is 6.80. The van der Waals surface area contributed by atoms with Crippen LogP contribution < -0.4 is 10.0 Å². The maximum Gasteiger partial charge on any atom is 0.241 e. The summed E-state index contributed by atoms with van der Waals surface area (Å²) >= 11 is 0. The second-order valence-corrected chi connectivity index (χ2v) is 6.67. The molecule has 0 aliphatic carbocycles. The monoisotopic (exact) mass is 307 g/mol. The lowest BCUT2D eigenvalue weighted by molar-refractivity contribution is 0.0784. The Balaban J connectivity index is 1.83. The second-order valence-electron chi connectivity index (χ2n) is 4.93. The third kappa shape index (κ3) is 3.21. The van der Waals surface area contributed by atoms with Crippen LogP contribution in [0.3, 0.4) is 0 Å². The van der Waals surface area contributed by atoms with Gasteiger partial charge >= 0.3 is 0 Å². The molecule has 21 heavy (non-hydrogen) atoms. The fourth-order valence-electron chi connectivity index (χ4n) is 2.37. The van der Waals surface area contributed by atoms with E-state index in [1.807, 2.05) is 6.07 Å². The summed E-state index contributed by atoms with van der Waals surface area (Å²) in [6.07, 6.45) is 3.25. The van der Waals surface area contributed by atoms with E-state index in [2.05, 4.69) is 15.0 Å². The molecular formula is C14H17N3O3S. The molecule has 1 saturated heterocycles. The number of sulfonamides is 1. The second kappa shape index (κ2) is 6.07. The van der Waals surface area contributed by atoms with Crippen LogP contribution in [0, 0.1) is 0 Å². The van der Waals surface area contributed by atoms with Crippen molar-refractivity contribution in [1.29, 1.82) is 0 Å². The maximum atomic E-state index is 12.5. The van der Waals surface area contributed by atoms with E-state index >= 15 is 0 Å². The number of rotatable bonds is 4. The Kier molecular flexibility index (Phi) is 4.16. The van der Waals surface area contributed by atoms with Crippen molar-refractivity contribution in [3.63, 3.8) is 0 Å². The van der Waals surface area contributed by atoms with Crippen molar-refractivity contribution in [2.45, 2.75) is 10.9 Å². The largest absolute Gasteiger partial charge is 0.378 e. The van der Waals surface area contributed by atoms with Crippen LogP contribution in [0.25, 0.3) is 10.8 Å². The number of pyridine rings is 1. The molecule has 1 aromatic carbocycles. The lowest BCUT2D eigenvalue weighted by atomic mass is 10.2. The number of ether oxygens (including phenoxy) is 1. The first kappa shape index (κ1) is 14.4. The molecule has 0 saturated carbocycles. The highest BCUT2D eigenvalue weighted by Crippen LogP contribution is 2.21. The molecule has 1 aliphatic heterocycles. The molecule has 0 amide bonds. The lowest BCUT2D eigenvalue weighted by Crippen LogP contribution is -2.48. The zero-order chi connectivity index (χ0) is 14.7. The van der Waals surface area contributed by atoms with Crippen molar-refractivity contribution in [1.82, 2.24) is 15.0 Å². The van der Waals surface area contributed by atoms with Gasteiger partial charge in [-0.2, -0.15) is 0 Å². The summed E-state index contributed by atoms with van der Waals surface area (Å²) < 4.78 is 32.9. The van der Waals surface area contributed by atoms with E-state index in [0.29, 0.717) is 25.1 Å². The minimum atomic E-state index is -3.56. The Morgan fingerprint density at radius 1 is 1.38 bits per heavy atom. The maximum absolute atomic E-state index is 12.5. The summed E-state index contributed by atoms with van der Waals surface area (Å²) in [6.45, 7) is 2.23. The quantitative estimate of drug-likeness (QED) is 0.860. The van der Waals surface area contributed by atoms with E-state index in [1.54, 1.807) is 30.6 Å². The van der Waals surface area contributed by atoms with E-state index < -0.39 is 10.0 Å². The summed E-state index contributed by atoms with van der Waals surface area (Å²) in [5, 5.41) is 4.70. The molecule has 2 heterocycles. The molecule has 7 heteroatoms. The Morgan fingerprint density at radius 2 is 2.29 bits per heavy atom. The third-order valence-electron chi connectivity index (χ3n) is 3.45. The summed E-state index contributed by atoms with van der Waals surface area (Å²) in [6, 6.07) is 6.89. The van der Waals surface area contributed by atoms with Gasteiger partial charge in [-0.05, 0) is 12.1 Å². The highest BCUT2D eigenvalue weighted by atomic mass is 32.2. The molecule has 112 valence electrons. The number of morpholine rings is 1. The molecule has 1 fully saturated rings. The number of benzene rings is 1. The average molecular weight is 307 g/mol. The fraction of sp³-hybridized carbons (Fsp3) is 0.357. The number of fused-ring (bicyclic) bond motifs is 1. The molecule has 1 aromatic heterocycles. The average Bonchev–Trinajstić information content (AvgIpc) is 2.53. The van der Waals surface area contributed by atoms with Crippen molar-refractivity contribution in [2.75, 3.05) is 26.3 Å². The highest BCUT2D eigenvalue weighted by molar-refractivity contribution is 7.89. The normalized spacial score (nSPS) is 19.7. The molecule has 2 aromatic rings. The first-order chi connectivity index (χ1) is 10.2. The van der Waals surface area contributed by atoms with Crippen LogP contribution in [0.2, 0.25) is 0 Å². The molecule has 1 unspecified atom stereocenters. The number of hydrogen-bond acceptors (Lipinski definition) is 5. The van der Waals surface area contributed by atoms with E-state index in [0.717, 1.165) is 11.9 Å². The van der Waals surface area contributed by atoms with Crippen LogP contribution in [0.4, 0.5) is 0 Å². The Labute approximate surface area is 123 Å². The van der Waals surface area contributed by atoms with Crippen LogP contribution >= 0.6 is 0 Å². The van der Waals surface area contributed by atoms with Crippen LogP contribution in [-0.2, 0) is 14.8 Å². The van der Waals surface area contributed by atoms with Crippen LogP contribution in [0.15, 0.2) is 41.6 Å². The Hall–Kier alpha value is -1.54. The van der Waals surface area contributed by atoms with Crippen molar-refractivity contribution < 1.29 is 13.2 Å². The first-order valence-corrected chi connectivity index (χ1v) is 8.29. The van der Waals surface area contributed by atoms with Gasteiger partial charge in [-0.3, -0.25) is 4.98 Å². The molecule has 0 bridgehead atoms. The van der Waals surface area contributed by atoms with Gasteiger partial charge in [-0.25, -0.2) is 13.1 Å². The van der Waals surface area contributed by atoms with Crippen molar-refractivity contribution in [2.24, 2.45) is 0 Å². The molecular weight excluding hydrogens is 290 g/mol. The Morgan fingerprint density at radius 3 is 3.10 bits per heavy atom. The summed E-state index contributed by atoms with van der Waals surface area (Å²) in [5.74, 6) is 0. The van der Waals surface area contributed by atoms with E-state index in [-0.39, 0.29) is 10.9 Å². The molecule has 1 atom stereocenters. The standard InChI is InChI=1S/C14H17N3O3S/c18-21(19,17-9-12-10-20-7-6-16-12)14-3-1-2-11-8-15-5-4-13(11)14/h1-5,8,12,16-17H,6-7,9-10H2. The van der Waals surface area contributed by atoms with E-state index in [9.17, 15) is 8.42 Å². The number of aromatic nitrogens is 1. The smallest absolute Gasteiger partial charge is 0.241 e. The summed E-state index contributed by atoms with van der Waals surface area (Å²) in [7, 11) is -3.56. The number of hydrogen-bond donors (Lipinski definition) is 2. The topological polar surface area (TPSA) is 80.3 Å². The van der Waals surface area contributed by atoms with Gasteiger partial charge in [0.2, 0.25) is 10.0 Å². The predicted octanol–water partition coefficient (Wildman–Crippen LogP) is 0.502. The lowest BCUT2D eigenvalue weighted by Gasteiger charge is -2.24. The van der Waals surface area contributed by atoms with Crippen LogP contribution in [-0.4, -0.2) is 45.7 Å². The molecule has 6 nitrogen and oxygen atoms in total. The van der Waals surface area contributed by atoms with Crippen LogP contribution in [0.5, 0.6) is 0 Å². The fourth-order valence-corrected chi connectivity index (χ4v) is 3.68. The molecule has 0 spiro atoms. The van der Waals surface area contributed by atoms with Gasteiger partial charge in [-0.1, -0.05) is 12.1 Å². The summed E-state index contributed by atoms with van der Waals surface area (Å²) in [5.41, 5.74) is 0. The molecule has 1 aliphatic rings. The number of nitrogens with one attached hydrogen (secondary N) is 2. The SMILES string of the molecule is O=S(=O)(NCC1COCCN1)c1cccc2cnccc12. The minimum absolute atomic E-state index is 0.00479. The molecule has 3 rings (SSSR count). The van der Waals surface area contributed by atoms with Gasteiger partial charge in [-0.15, -0.1) is 0 Å². The van der Waals surface area contributed by atoms with Gasteiger partial charge < -0.3 is 10.1 Å². The zero-order valence-electron chi connectivity index (χ0n) is 11.5. The van der Waals surface area contributed by atoms with Crippen molar-refractivity contribution >= 4 is 20.8 Å². The minimum Gasteiger partial charge on any atom is -0.378 e. The van der Waals surface area contributed by atoms with Gasteiger partial charge in [0.05, 0.1) is 18.1 Å². The van der Waals surface area contributed by atoms with Crippen molar-refractivity contribution in [3.05, 3.63) is 36.7 Å². The van der Waals surface area contributed by atoms with Gasteiger partial charge in [0.1, 0.15) is 0 Å². The van der Waals surface area contributed by atoms with Crippen molar-refractivity contribution in [3.8, 4) is 0 Å². The summed E-state index contributed by atoms with van der Waals surface area (Å²) in [4.78, 5) is 4.29. The number of nitrogens with zero attached hydrogens (tertiary/aromatic N) is 1. The highest BCUT2D eigenvalue weighted by Gasteiger charge is 2.20. The van der Waals surface area contributed by atoms with Gasteiger partial charge in [0, 0.05) is 42.3 Å². The third-order valence-corrected chi connectivity index (χ3v) is 4.93. The zero-order valence-corrected chi connectivity index (χ0v) is 12.3. The predicted molar refractivity (Wildman–Crippen MR) is 79.5 cm³/mol. The van der Waals surface area contributed by atoms with Gasteiger partial charge in [0.15, 0.2) is 0 Å². The molecule has 0 radical (unpaired) electrons.